The minimum absolute atomic E-state index is 0.222. The summed E-state index contributed by atoms with van der Waals surface area (Å²) in [6, 6.07) is 7.89. The quantitative estimate of drug-likeness (QED) is 0.809. The fraction of sp³-hybridized carbons (Fsp3) is 0.333. The molecule has 1 heterocycles. The van der Waals surface area contributed by atoms with Crippen molar-refractivity contribution in [1.29, 1.82) is 0 Å². The standard InChI is InChI=1S/C15H17NO2S/c1-11(17)3-4-13-5-7-15(8-6-13)18-9-14-10-19-12(2)16-14/h5-8,10H,3-4,9H2,1-2H3. The molecule has 0 radical (unpaired) electrons. The lowest BCUT2D eigenvalue weighted by molar-refractivity contribution is -0.116. The lowest BCUT2D eigenvalue weighted by Crippen LogP contribution is -1.97. The third-order valence-corrected chi connectivity index (χ3v) is 3.56. The number of hydrogen-bond acceptors (Lipinski definition) is 4. The molecule has 0 bridgehead atoms. The molecule has 0 aliphatic carbocycles. The number of carbonyl (C=O) groups is 1. The lowest BCUT2D eigenvalue weighted by Gasteiger charge is -2.05. The summed E-state index contributed by atoms with van der Waals surface area (Å²) in [6.07, 6.45) is 1.39. The fourth-order valence-corrected chi connectivity index (χ4v) is 2.30. The summed E-state index contributed by atoms with van der Waals surface area (Å²) < 4.78 is 5.66. The largest absolute Gasteiger partial charge is 0.487 e. The fourth-order valence-electron chi connectivity index (χ4n) is 1.70. The number of benzene rings is 1. The van der Waals surface area contributed by atoms with Crippen LogP contribution in [0.4, 0.5) is 0 Å². The van der Waals surface area contributed by atoms with Crippen molar-refractivity contribution in [3.63, 3.8) is 0 Å². The first-order valence-corrected chi connectivity index (χ1v) is 7.13. The number of ether oxygens (including phenoxy) is 1. The Morgan fingerprint density at radius 2 is 2.05 bits per heavy atom. The molecular weight excluding hydrogens is 258 g/mol. The molecule has 0 aliphatic heterocycles. The Balaban J connectivity index is 1.86. The van der Waals surface area contributed by atoms with E-state index in [4.69, 9.17) is 4.74 Å². The zero-order valence-corrected chi connectivity index (χ0v) is 12.0. The highest BCUT2D eigenvalue weighted by Crippen LogP contribution is 2.16. The van der Waals surface area contributed by atoms with Crippen LogP contribution in [0.15, 0.2) is 29.6 Å². The first kappa shape index (κ1) is 13.7. The molecule has 3 nitrogen and oxygen atoms in total. The summed E-state index contributed by atoms with van der Waals surface area (Å²) in [7, 11) is 0. The first-order chi connectivity index (χ1) is 9.13. The molecule has 0 N–H and O–H groups in total. The summed E-state index contributed by atoms with van der Waals surface area (Å²) in [6.45, 7) is 4.10. The number of hydrogen-bond donors (Lipinski definition) is 0. The van der Waals surface area contributed by atoms with Crippen molar-refractivity contribution in [2.45, 2.75) is 33.3 Å². The van der Waals surface area contributed by atoms with Crippen molar-refractivity contribution < 1.29 is 9.53 Å². The van der Waals surface area contributed by atoms with Gasteiger partial charge in [0.05, 0.1) is 10.7 Å². The Morgan fingerprint density at radius 1 is 1.32 bits per heavy atom. The minimum atomic E-state index is 0.222. The van der Waals surface area contributed by atoms with E-state index in [0.717, 1.165) is 28.4 Å². The zero-order chi connectivity index (χ0) is 13.7. The van der Waals surface area contributed by atoms with Gasteiger partial charge in [-0.2, -0.15) is 0 Å². The van der Waals surface area contributed by atoms with Crippen LogP contribution in [0.5, 0.6) is 5.75 Å². The monoisotopic (exact) mass is 275 g/mol. The van der Waals surface area contributed by atoms with Gasteiger partial charge in [0.15, 0.2) is 0 Å². The molecule has 0 fully saturated rings. The van der Waals surface area contributed by atoms with E-state index >= 15 is 0 Å². The molecule has 1 aromatic heterocycles. The second-order valence-corrected chi connectivity index (χ2v) is 5.55. The summed E-state index contributed by atoms with van der Waals surface area (Å²) in [5, 5.41) is 3.06. The average Bonchev–Trinajstić information content (AvgIpc) is 2.81. The van der Waals surface area contributed by atoms with E-state index in [-0.39, 0.29) is 5.78 Å². The average molecular weight is 275 g/mol. The summed E-state index contributed by atoms with van der Waals surface area (Å²) in [5.74, 6) is 1.05. The highest BCUT2D eigenvalue weighted by Gasteiger charge is 2.01. The van der Waals surface area contributed by atoms with Crippen molar-refractivity contribution in [3.05, 3.63) is 45.9 Å². The Morgan fingerprint density at radius 3 is 2.63 bits per heavy atom. The maximum Gasteiger partial charge on any atom is 0.131 e. The molecule has 2 rings (SSSR count). The summed E-state index contributed by atoms with van der Waals surface area (Å²) >= 11 is 1.63. The van der Waals surface area contributed by atoms with Crippen molar-refractivity contribution >= 4 is 17.1 Å². The highest BCUT2D eigenvalue weighted by molar-refractivity contribution is 7.09. The Labute approximate surface area is 117 Å². The SMILES string of the molecule is CC(=O)CCc1ccc(OCc2csc(C)n2)cc1. The van der Waals surface area contributed by atoms with Crippen molar-refractivity contribution in [1.82, 2.24) is 4.98 Å². The number of thiazole rings is 1. The van der Waals surface area contributed by atoms with Gasteiger partial charge in [0.25, 0.3) is 0 Å². The first-order valence-electron chi connectivity index (χ1n) is 6.25. The molecule has 100 valence electrons. The van der Waals surface area contributed by atoms with Crippen LogP contribution in [-0.4, -0.2) is 10.8 Å². The third kappa shape index (κ3) is 4.48. The predicted octanol–water partition coefficient (Wildman–Crippen LogP) is 3.55. The number of carbonyl (C=O) groups excluding carboxylic acids is 1. The van der Waals surface area contributed by atoms with Crippen LogP contribution < -0.4 is 4.74 Å². The van der Waals surface area contributed by atoms with E-state index in [1.807, 2.05) is 36.6 Å². The van der Waals surface area contributed by atoms with Gasteiger partial charge >= 0.3 is 0 Å². The number of nitrogens with zero attached hydrogens (tertiary/aromatic N) is 1. The van der Waals surface area contributed by atoms with Gasteiger partial charge < -0.3 is 9.53 Å². The van der Waals surface area contributed by atoms with E-state index in [9.17, 15) is 4.79 Å². The van der Waals surface area contributed by atoms with E-state index in [0.29, 0.717) is 13.0 Å². The lowest BCUT2D eigenvalue weighted by atomic mass is 10.1. The van der Waals surface area contributed by atoms with Gasteiger partial charge in [-0.05, 0) is 38.0 Å². The molecule has 0 unspecified atom stereocenters. The number of Topliss-reactive ketones (excluding diaryl/α,β-unsaturated/α-hetero) is 1. The number of ketones is 1. The number of aryl methyl sites for hydroxylation is 2. The zero-order valence-electron chi connectivity index (χ0n) is 11.2. The molecule has 0 atom stereocenters. The molecule has 0 aliphatic rings. The van der Waals surface area contributed by atoms with E-state index in [1.165, 1.54) is 0 Å². The van der Waals surface area contributed by atoms with Crippen molar-refractivity contribution in [3.8, 4) is 5.75 Å². The molecule has 0 saturated heterocycles. The molecule has 19 heavy (non-hydrogen) atoms. The van der Waals surface area contributed by atoms with Crippen LogP contribution in [0.25, 0.3) is 0 Å². The van der Waals surface area contributed by atoms with Gasteiger partial charge in [-0.3, -0.25) is 0 Å². The van der Waals surface area contributed by atoms with E-state index < -0.39 is 0 Å². The second-order valence-electron chi connectivity index (χ2n) is 4.49. The van der Waals surface area contributed by atoms with Crippen molar-refractivity contribution in [2.75, 3.05) is 0 Å². The predicted molar refractivity (Wildman–Crippen MR) is 76.6 cm³/mol. The van der Waals surface area contributed by atoms with Gasteiger partial charge in [0.2, 0.25) is 0 Å². The molecule has 0 saturated carbocycles. The van der Waals surface area contributed by atoms with Crippen LogP contribution in [0, 0.1) is 6.92 Å². The topological polar surface area (TPSA) is 39.2 Å². The van der Waals surface area contributed by atoms with Crippen LogP contribution in [0.1, 0.15) is 29.6 Å². The summed E-state index contributed by atoms with van der Waals surface area (Å²) in [4.78, 5) is 15.3. The smallest absolute Gasteiger partial charge is 0.131 e. The van der Waals surface area contributed by atoms with Gasteiger partial charge in [0.1, 0.15) is 18.1 Å². The van der Waals surface area contributed by atoms with Gasteiger partial charge in [0, 0.05) is 11.8 Å². The molecule has 0 spiro atoms. The molecule has 0 amide bonds. The summed E-state index contributed by atoms with van der Waals surface area (Å²) in [5.41, 5.74) is 2.12. The molecule has 2 aromatic rings. The van der Waals surface area contributed by atoms with Crippen LogP contribution in [0.2, 0.25) is 0 Å². The number of aromatic nitrogens is 1. The van der Waals surface area contributed by atoms with Crippen molar-refractivity contribution in [2.24, 2.45) is 0 Å². The molecule has 4 heteroatoms. The number of rotatable bonds is 6. The molecular formula is C15H17NO2S. The van der Waals surface area contributed by atoms with Crippen LogP contribution in [0.3, 0.4) is 0 Å². The normalized spacial score (nSPS) is 10.4. The van der Waals surface area contributed by atoms with E-state index in [1.54, 1.807) is 18.3 Å². The minimum Gasteiger partial charge on any atom is -0.487 e. The van der Waals surface area contributed by atoms with E-state index in [2.05, 4.69) is 4.98 Å². The molecule has 1 aromatic carbocycles. The second kappa shape index (κ2) is 6.48. The Kier molecular flexibility index (Phi) is 4.68. The van der Waals surface area contributed by atoms with Gasteiger partial charge in [-0.15, -0.1) is 11.3 Å². The van der Waals surface area contributed by atoms with Gasteiger partial charge in [-0.25, -0.2) is 4.98 Å². The maximum absolute atomic E-state index is 10.9. The highest BCUT2D eigenvalue weighted by atomic mass is 32.1. The Hall–Kier alpha value is -1.68. The Bertz CT molecular complexity index is 546. The van der Waals surface area contributed by atoms with Gasteiger partial charge in [-0.1, -0.05) is 12.1 Å². The van der Waals surface area contributed by atoms with Crippen LogP contribution in [-0.2, 0) is 17.8 Å². The maximum atomic E-state index is 10.9. The van der Waals surface area contributed by atoms with Crippen LogP contribution >= 0.6 is 11.3 Å². The third-order valence-electron chi connectivity index (χ3n) is 2.74.